The summed E-state index contributed by atoms with van der Waals surface area (Å²) in [4.78, 5) is 3.69. The molecule has 0 amide bonds. The molecule has 2 N–H and O–H groups in total. The Hall–Kier alpha value is -1.88. The minimum Gasteiger partial charge on any atom is -0.382 e. The van der Waals surface area contributed by atoms with Crippen LogP contribution in [0.2, 0.25) is 0 Å². The van der Waals surface area contributed by atoms with E-state index in [2.05, 4.69) is 30.8 Å². The van der Waals surface area contributed by atoms with Gasteiger partial charge >= 0.3 is 0 Å². The van der Waals surface area contributed by atoms with Crippen molar-refractivity contribution >= 4 is 37.3 Å². The third-order valence-electron chi connectivity index (χ3n) is 3.65. The van der Waals surface area contributed by atoms with Gasteiger partial charge in [-0.05, 0) is 46.1 Å². The standard InChI is InChI=1S/C16H14BrN3O2S/c1-18-12-7-11-8-13(10-19-16(11)15(17)9-12)20-23(21,22)14-5-3-2-4-6-14/h2-7,9,13,19-20H,8,10H2. The van der Waals surface area contributed by atoms with Gasteiger partial charge in [0.05, 0.1) is 11.5 Å². The third-order valence-corrected chi connectivity index (χ3v) is 5.81. The van der Waals surface area contributed by atoms with Crippen LogP contribution >= 0.6 is 15.9 Å². The summed E-state index contributed by atoms with van der Waals surface area (Å²) in [7, 11) is -3.55. The van der Waals surface area contributed by atoms with Crippen molar-refractivity contribution in [2.75, 3.05) is 11.9 Å². The van der Waals surface area contributed by atoms with Crippen molar-refractivity contribution in [3.8, 4) is 0 Å². The quantitative estimate of drug-likeness (QED) is 0.788. The summed E-state index contributed by atoms with van der Waals surface area (Å²) >= 11 is 3.45. The lowest BCUT2D eigenvalue weighted by Crippen LogP contribution is -2.43. The van der Waals surface area contributed by atoms with E-state index in [1.54, 1.807) is 42.5 Å². The minimum absolute atomic E-state index is 0.252. The Kier molecular flexibility index (Phi) is 4.39. The maximum atomic E-state index is 12.4. The van der Waals surface area contributed by atoms with Crippen molar-refractivity contribution in [2.45, 2.75) is 17.4 Å². The van der Waals surface area contributed by atoms with Gasteiger partial charge in [-0.2, -0.15) is 0 Å². The highest BCUT2D eigenvalue weighted by molar-refractivity contribution is 9.10. The highest BCUT2D eigenvalue weighted by Gasteiger charge is 2.25. The van der Waals surface area contributed by atoms with Crippen LogP contribution in [0.3, 0.4) is 0 Å². The number of halogens is 1. The molecule has 7 heteroatoms. The summed E-state index contributed by atoms with van der Waals surface area (Å²) in [5, 5.41) is 3.23. The number of rotatable bonds is 3. The zero-order chi connectivity index (χ0) is 16.4. The average molecular weight is 392 g/mol. The Morgan fingerprint density at radius 1 is 1.26 bits per heavy atom. The Morgan fingerprint density at radius 3 is 2.70 bits per heavy atom. The lowest BCUT2D eigenvalue weighted by Gasteiger charge is -2.28. The molecule has 0 radical (unpaired) electrons. The number of hydrogen-bond acceptors (Lipinski definition) is 3. The zero-order valence-corrected chi connectivity index (χ0v) is 14.5. The Balaban J connectivity index is 1.83. The van der Waals surface area contributed by atoms with E-state index in [9.17, 15) is 8.42 Å². The highest BCUT2D eigenvalue weighted by Crippen LogP contribution is 2.34. The molecule has 0 fully saturated rings. The lowest BCUT2D eigenvalue weighted by atomic mass is 10.00. The van der Waals surface area contributed by atoms with Crippen LogP contribution in [0, 0.1) is 6.57 Å². The molecule has 0 aliphatic carbocycles. The Bertz CT molecular complexity index is 876. The number of nitrogens with one attached hydrogen (secondary N) is 2. The van der Waals surface area contributed by atoms with E-state index in [0.29, 0.717) is 18.7 Å². The molecule has 0 aromatic heterocycles. The largest absolute Gasteiger partial charge is 0.382 e. The van der Waals surface area contributed by atoms with E-state index in [0.717, 1.165) is 15.7 Å². The predicted molar refractivity (Wildman–Crippen MR) is 93.1 cm³/mol. The summed E-state index contributed by atoms with van der Waals surface area (Å²) in [5.74, 6) is 0. The van der Waals surface area contributed by atoms with Crippen molar-refractivity contribution in [1.82, 2.24) is 4.72 Å². The van der Waals surface area contributed by atoms with Crippen LogP contribution < -0.4 is 10.0 Å². The second-order valence-electron chi connectivity index (χ2n) is 5.29. The average Bonchev–Trinajstić information content (AvgIpc) is 2.55. The van der Waals surface area contributed by atoms with Crippen LogP contribution in [-0.4, -0.2) is 21.0 Å². The molecule has 1 heterocycles. The molecule has 1 atom stereocenters. The van der Waals surface area contributed by atoms with Crippen molar-refractivity contribution < 1.29 is 8.42 Å². The van der Waals surface area contributed by atoms with E-state index in [1.165, 1.54) is 0 Å². The van der Waals surface area contributed by atoms with E-state index < -0.39 is 10.0 Å². The van der Waals surface area contributed by atoms with Gasteiger partial charge in [0.1, 0.15) is 0 Å². The van der Waals surface area contributed by atoms with Gasteiger partial charge in [0.25, 0.3) is 0 Å². The van der Waals surface area contributed by atoms with Gasteiger partial charge in [0.15, 0.2) is 5.69 Å². The van der Waals surface area contributed by atoms with Crippen LogP contribution in [0.15, 0.2) is 51.8 Å². The summed E-state index contributed by atoms with van der Waals surface area (Å²) in [6, 6.07) is 11.6. The minimum atomic E-state index is -3.55. The van der Waals surface area contributed by atoms with Gasteiger partial charge in [0, 0.05) is 22.7 Å². The van der Waals surface area contributed by atoms with E-state index in [1.807, 2.05) is 0 Å². The van der Waals surface area contributed by atoms with Gasteiger partial charge in [-0.1, -0.05) is 24.3 Å². The fourth-order valence-corrected chi connectivity index (χ4v) is 4.49. The van der Waals surface area contributed by atoms with Crippen LogP contribution in [0.5, 0.6) is 0 Å². The summed E-state index contributed by atoms with van der Waals surface area (Å²) < 4.78 is 28.4. The Labute approximate surface area is 143 Å². The van der Waals surface area contributed by atoms with Crippen LogP contribution in [0.25, 0.3) is 4.85 Å². The molecule has 3 rings (SSSR count). The van der Waals surface area contributed by atoms with E-state index in [4.69, 9.17) is 6.57 Å². The number of hydrogen-bond donors (Lipinski definition) is 2. The SMILES string of the molecule is [C-]#[N+]c1cc(Br)c2c(c1)CC(NS(=O)(=O)c1ccccc1)CN2. The van der Waals surface area contributed by atoms with Crippen LogP contribution in [-0.2, 0) is 16.4 Å². The van der Waals surface area contributed by atoms with E-state index in [-0.39, 0.29) is 10.9 Å². The van der Waals surface area contributed by atoms with Crippen LogP contribution in [0.1, 0.15) is 5.56 Å². The normalized spacial score (nSPS) is 17.0. The van der Waals surface area contributed by atoms with E-state index >= 15 is 0 Å². The number of anilines is 1. The molecule has 1 unspecified atom stereocenters. The van der Waals surface area contributed by atoms with Gasteiger partial charge in [-0.3, -0.25) is 0 Å². The lowest BCUT2D eigenvalue weighted by molar-refractivity contribution is 0.548. The first-order chi connectivity index (χ1) is 11.0. The van der Waals surface area contributed by atoms with Gasteiger partial charge in [-0.15, -0.1) is 0 Å². The molecule has 2 aromatic carbocycles. The van der Waals surface area contributed by atoms with Crippen LogP contribution in [0.4, 0.5) is 11.4 Å². The first-order valence-corrected chi connectivity index (χ1v) is 9.28. The van der Waals surface area contributed by atoms with Crippen molar-refractivity contribution in [1.29, 1.82) is 0 Å². The van der Waals surface area contributed by atoms with Crippen molar-refractivity contribution in [2.24, 2.45) is 0 Å². The predicted octanol–water partition coefficient (Wildman–Crippen LogP) is 3.31. The fraction of sp³-hybridized carbons (Fsp3) is 0.188. The van der Waals surface area contributed by atoms with Crippen molar-refractivity contribution in [3.63, 3.8) is 0 Å². The molecule has 1 aliphatic heterocycles. The molecule has 0 saturated carbocycles. The molecule has 0 bridgehead atoms. The number of fused-ring (bicyclic) bond motifs is 1. The molecular formula is C16H14BrN3O2S. The molecule has 2 aromatic rings. The molecule has 0 spiro atoms. The summed E-state index contributed by atoms with van der Waals surface area (Å²) in [6.07, 6.45) is 0.538. The molecule has 1 aliphatic rings. The highest BCUT2D eigenvalue weighted by atomic mass is 79.9. The third kappa shape index (κ3) is 3.39. The zero-order valence-electron chi connectivity index (χ0n) is 12.1. The molecular weight excluding hydrogens is 378 g/mol. The summed E-state index contributed by atoms with van der Waals surface area (Å²) in [5.41, 5.74) is 2.38. The van der Waals surface area contributed by atoms with Crippen molar-refractivity contribution in [3.05, 3.63) is 63.9 Å². The monoisotopic (exact) mass is 391 g/mol. The summed E-state index contributed by atoms with van der Waals surface area (Å²) in [6.45, 7) is 7.63. The first kappa shape index (κ1) is 16.0. The van der Waals surface area contributed by atoms with Gasteiger partial charge in [-0.25, -0.2) is 18.0 Å². The molecule has 118 valence electrons. The number of sulfonamides is 1. The molecule has 23 heavy (non-hydrogen) atoms. The second-order valence-corrected chi connectivity index (χ2v) is 7.86. The van der Waals surface area contributed by atoms with Gasteiger partial charge < -0.3 is 5.32 Å². The number of nitrogens with zero attached hydrogens (tertiary/aromatic N) is 1. The molecule has 5 nitrogen and oxygen atoms in total. The first-order valence-electron chi connectivity index (χ1n) is 7.01. The maximum absolute atomic E-state index is 12.4. The second kappa shape index (κ2) is 6.32. The van der Waals surface area contributed by atoms with Gasteiger partial charge in [0.2, 0.25) is 10.0 Å². The fourth-order valence-electron chi connectivity index (χ4n) is 2.60. The number of benzene rings is 2. The smallest absolute Gasteiger partial charge is 0.240 e. The topological polar surface area (TPSA) is 62.6 Å². The molecule has 0 saturated heterocycles. The maximum Gasteiger partial charge on any atom is 0.240 e. The Morgan fingerprint density at radius 2 is 2.00 bits per heavy atom.